The van der Waals surface area contributed by atoms with E-state index < -0.39 is 0 Å². The average molecular weight is 359 g/mol. The Hall–Kier alpha value is -1.12. The molecule has 0 heterocycles. The molecule has 0 bridgehead atoms. The van der Waals surface area contributed by atoms with Gasteiger partial charge in [-0.15, -0.1) is 0 Å². The van der Waals surface area contributed by atoms with Gasteiger partial charge in [-0.1, -0.05) is 19.9 Å². The maximum Gasteiger partial charge on any atom is 0.302 e. The summed E-state index contributed by atoms with van der Waals surface area (Å²) in [5.41, 5.74) is 1.62. The summed E-state index contributed by atoms with van der Waals surface area (Å²) in [6.45, 7) is 8.17. The fraction of sp³-hybridized carbons (Fsp3) is 0.826. The zero-order chi connectivity index (χ0) is 18.7. The van der Waals surface area contributed by atoms with Crippen molar-refractivity contribution in [2.24, 2.45) is 34.5 Å². The average Bonchev–Trinajstić information content (AvgIpc) is 2.92. The Bertz CT molecular complexity index is 650. The van der Waals surface area contributed by atoms with Gasteiger partial charge in [0.2, 0.25) is 0 Å². The Morgan fingerprint density at radius 2 is 1.81 bits per heavy atom. The highest BCUT2D eigenvalue weighted by Crippen LogP contribution is 2.66. The Balaban J connectivity index is 1.54. The summed E-state index contributed by atoms with van der Waals surface area (Å²) in [5, 5.41) is 0. The highest BCUT2D eigenvalue weighted by atomic mass is 16.5. The molecule has 26 heavy (non-hydrogen) atoms. The number of carbonyl (C=O) groups is 2. The first-order chi connectivity index (χ1) is 12.3. The predicted molar refractivity (Wildman–Crippen MR) is 101 cm³/mol. The van der Waals surface area contributed by atoms with Crippen molar-refractivity contribution in [2.75, 3.05) is 0 Å². The Morgan fingerprint density at radius 1 is 1.04 bits per heavy atom. The van der Waals surface area contributed by atoms with E-state index in [-0.39, 0.29) is 23.3 Å². The van der Waals surface area contributed by atoms with E-state index in [1.54, 1.807) is 6.92 Å². The molecule has 0 amide bonds. The first-order valence-electron chi connectivity index (χ1n) is 10.6. The number of rotatable bonds is 2. The largest absolute Gasteiger partial charge is 0.463 e. The number of ether oxygens (including phenoxy) is 1. The van der Waals surface area contributed by atoms with Crippen LogP contribution in [0.25, 0.3) is 0 Å². The van der Waals surface area contributed by atoms with Gasteiger partial charge in [-0.2, -0.15) is 0 Å². The molecule has 4 rings (SSSR count). The summed E-state index contributed by atoms with van der Waals surface area (Å²) < 4.78 is 5.56. The molecule has 0 spiro atoms. The van der Waals surface area contributed by atoms with Crippen LogP contribution < -0.4 is 0 Å². The maximum atomic E-state index is 12.2. The summed E-state index contributed by atoms with van der Waals surface area (Å²) in [7, 11) is 0. The summed E-state index contributed by atoms with van der Waals surface area (Å²) >= 11 is 0. The first kappa shape index (κ1) is 18.3. The number of ketones is 1. The molecule has 0 aromatic heterocycles. The number of carbonyl (C=O) groups excluding carboxylic acids is 2. The number of hydrogen-bond acceptors (Lipinski definition) is 3. The van der Waals surface area contributed by atoms with E-state index in [2.05, 4.69) is 19.9 Å². The van der Waals surface area contributed by atoms with Gasteiger partial charge in [0.1, 0.15) is 6.10 Å². The monoisotopic (exact) mass is 358 g/mol. The molecule has 3 fully saturated rings. The molecule has 0 aromatic carbocycles. The van der Waals surface area contributed by atoms with Crippen molar-refractivity contribution in [3.8, 4) is 0 Å². The Kier molecular flexibility index (Phi) is 4.36. The minimum absolute atomic E-state index is 0.116. The van der Waals surface area contributed by atoms with E-state index in [1.165, 1.54) is 39.0 Å². The van der Waals surface area contributed by atoms with E-state index in [9.17, 15) is 9.59 Å². The van der Waals surface area contributed by atoms with Crippen molar-refractivity contribution in [1.29, 1.82) is 0 Å². The SMILES string of the molecule is CC(=O)OC1CC[C@@]2(C)[C@@H](CC[C@@H]3[C@@H]2CC[C@]2(C)C(C(C)=O)=CC[C@@H]32)C1. The van der Waals surface area contributed by atoms with Crippen LogP contribution in [0.2, 0.25) is 0 Å². The van der Waals surface area contributed by atoms with Crippen molar-refractivity contribution in [3.63, 3.8) is 0 Å². The van der Waals surface area contributed by atoms with Crippen LogP contribution in [-0.4, -0.2) is 17.9 Å². The third-order valence-corrected chi connectivity index (χ3v) is 8.91. The molecule has 0 saturated heterocycles. The van der Waals surface area contributed by atoms with Gasteiger partial charge in [-0.25, -0.2) is 0 Å². The van der Waals surface area contributed by atoms with E-state index >= 15 is 0 Å². The zero-order valence-electron chi connectivity index (χ0n) is 16.8. The summed E-state index contributed by atoms with van der Waals surface area (Å²) in [6, 6.07) is 0. The normalized spacial score (nSPS) is 47.2. The van der Waals surface area contributed by atoms with Crippen molar-refractivity contribution < 1.29 is 14.3 Å². The van der Waals surface area contributed by atoms with Crippen LogP contribution in [0.1, 0.15) is 79.1 Å². The van der Waals surface area contributed by atoms with E-state index in [4.69, 9.17) is 4.74 Å². The lowest BCUT2D eigenvalue weighted by Gasteiger charge is -2.60. The van der Waals surface area contributed by atoms with Crippen molar-refractivity contribution in [1.82, 2.24) is 0 Å². The van der Waals surface area contributed by atoms with Crippen molar-refractivity contribution in [3.05, 3.63) is 11.6 Å². The predicted octanol–water partition coefficient (Wildman–Crippen LogP) is 5.09. The fourth-order valence-corrected chi connectivity index (χ4v) is 7.67. The Labute approximate surface area is 157 Å². The quantitative estimate of drug-likeness (QED) is 0.646. The van der Waals surface area contributed by atoms with Crippen LogP contribution >= 0.6 is 0 Å². The molecule has 0 N–H and O–H groups in total. The molecular weight excluding hydrogens is 324 g/mol. The topological polar surface area (TPSA) is 43.4 Å². The van der Waals surface area contributed by atoms with Gasteiger partial charge in [-0.05, 0) is 98.4 Å². The molecule has 3 saturated carbocycles. The fourth-order valence-electron chi connectivity index (χ4n) is 7.67. The van der Waals surface area contributed by atoms with Crippen molar-refractivity contribution >= 4 is 11.8 Å². The highest BCUT2D eigenvalue weighted by Gasteiger charge is 2.59. The van der Waals surface area contributed by atoms with Gasteiger partial charge in [0.15, 0.2) is 5.78 Å². The van der Waals surface area contributed by atoms with Crippen LogP contribution in [0.15, 0.2) is 11.6 Å². The molecule has 4 aliphatic carbocycles. The first-order valence-corrected chi connectivity index (χ1v) is 10.6. The second-order valence-corrected chi connectivity index (χ2v) is 10.0. The number of allylic oxidation sites excluding steroid dienone is 2. The van der Waals surface area contributed by atoms with Crippen LogP contribution in [-0.2, 0) is 14.3 Å². The standard InChI is InChI=1S/C23H34O3/c1-14(24)19-7-8-20-18-6-5-16-13-17(26-15(2)25)9-11-22(16,3)21(18)10-12-23(19,20)4/h7,16-18,20-21H,5-6,8-13H2,1-4H3/t16-,17?,18-,20-,21-,22-,23+/m0/s1. The van der Waals surface area contributed by atoms with Gasteiger partial charge in [0, 0.05) is 6.92 Å². The summed E-state index contributed by atoms with van der Waals surface area (Å²) in [4.78, 5) is 23.5. The smallest absolute Gasteiger partial charge is 0.302 e. The van der Waals surface area contributed by atoms with Crippen LogP contribution in [0, 0.1) is 34.5 Å². The lowest BCUT2D eigenvalue weighted by molar-refractivity contribution is -0.159. The zero-order valence-corrected chi connectivity index (χ0v) is 16.8. The van der Waals surface area contributed by atoms with Gasteiger partial charge in [0.25, 0.3) is 0 Å². The molecule has 3 heteroatoms. The minimum Gasteiger partial charge on any atom is -0.463 e. The summed E-state index contributed by atoms with van der Waals surface area (Å²) in [6.07, 6.45) is 11.7. The van der Waals surface area contributed by atoms with E-state index in [0.717, 1.165) is 36.7 Å². The third kappa shape index (κ3) is 2.60. The number of Topliss-reactive ketones (excluding diaryl/α,β-unsaturated/α-hetero) is 1. The van der Waals surface area contributed by atoms with Gasteiger partial charge < -0.3 is 4.74 Å². The minimum atomic E-state index is -0.130. The Morgan fingerprint density at radius 3 is 2.50 bits per heavy atom. The van der Waals surface area contributed by atoms with Crippen LogP contribution in [0.5, 0.6) is 0 Å². The molecule has 0 aromatic rings. The number of hydrogen-bond donors (Lipinski definition) is 0. The lowest BCUT2D eigenvalue weighted by atomic mass is 9.44. The molecular formula is C23H34O3. The molecule has 144 valence electrons. The molecule has 3 nitrogen and oxygen atoms in total. The summed E-state index contributed by atoms with van der Waals surface area (Å²) in [5.74, 6) is 3.03. The van der Waals surface area contributed by atoms with Gasteiger partial charge in [-0.3, -0.25) is 9.59 Å². The second kappa shape index (κ2) is 6.21. The number of fused-ring (bicyclic) bond motifs is 5. The van der Waals surface area contributed by atoms with E-state index in [1.807, 2.05) is 0 Å². The number of esters is 1. The molecule has 0 radical (unpaired) electrons. The highest BCUT2D eigenvalue weighted by molar-refractivity contribution is 5.95. The van der Waals surface area contributed by atoms with Gasteiger partial charge >= 0.3 is 5.97 Å². The third-order valence-electron chi connectivity index (χ3n) is 8.91. The molecule has 7 atom stereocenters. The van der Waals surface area contributed by atoms with Crippen LogP contribution in [0.4, 0.5) is 0 Å². The van der Waals surface area contributed by atoms with E-state index in [0.29, 0.717) is 17.3 Å². The second-order valence-electron chi connectivity index (χ2n) is 10.0. The van der Waals surface area contributed by atoms with Crippen LogP contribution in [0.3, 0.4) is 0 Å². The maximum absolute atomic E-state index is 12.2. The van der Waals surface area contributed by atoms with Gasteiger partial charge in [0.05, 0.1) is 0 Å². The van der Waals surface area contributed by atoms with Crippen molar-refractivity contribution in [2.45, 2.75) is 85.2 Å². The molecule has 0 aliphatic heterocycles. The molecule has 1 unspecified atom stereocenters. The lowest BCUT2D eigenvalue weighted by Crippen LogP contribution is -2.54. The molecule has 4 aliphatic rings.